The van der Waals surface area contributed by atoms with Crippen LogP contribution in [0.4, 0.5) is 0 Å². The van der Waals surface area contributed by atoms with Crippen molar-refractivity contribution in [2.24, 2.45) is 0 Å². The minimum absolute atomic E-state index is 0.179. The molecule has 5 nitrogen and oxygen atoms in total. The largest absolute Gasteiger partial charge is 0.490 e. The summed E-state index contributed by atoms with van der Waals surface area (Å²) in [4.78, 5) is 22.2. The molecule has 1 aromatic carbocycles. The summed E-state index contributed by atoms with van der Waals surface area (Å²) in [5.74, 6) is 0.409. The fraction of sp³-hybridized carbons (Fsp3) is 0.444. The van der Waals surface area contributed by atoms with E-state index in [1.54, 1.807) is 0 Å². The maximum absolute atomic E-state index is 11.4. The maximum Gasteiger partial charge on any atom is 0.330 e. The Kier molecular flexibility index (Phi) is 8.50. The zero-order valence-electron chi connectivity index (χ0n) is 13.7. The number of hydrogen-bond donors (Lipinski definition) is 0. The van der Waals surface area contributed by atoms with Crippen LogP contribution < -0.4 is 4.74 Å². The molecule has 0 aromatic heterocycles. The van der Waals surface area contributed by atoms with Crippen molar-refractivity contribution < 1.29 is 23.8 Å². The van der Waals surface area contributed by atoms with E-state index in [0.29, 0.717) is 18.9 Å². The lowest BCUT2D eigenvalue weighted by Crippen LogP contribution is -2.13. The van der Waals surface area contributed by atoms with E-state index >= 15 is 0 Å². The van der Waals surface area contributed by atoms with Gasteiger partial charge in [0.25, 0.3) is 0 Å². The third-order valence-electron chi connectivity index (χ3n) is 3.10. The Morgan fingerprint density at radius 3 is 2.39 bits per heavy atom. The van der Waals surface area contributed by atoms with Crippen molar-refractivity contribution in [3.8, 4) is 5.75 Å². The fourth-order valence-corrected chi connectivity index (χ4v) is 1.78. The van der Waals surface area contributed by atoms with E-state index in [-0.39, 0.29) is 25.6 Å². The van der Waals surface area contributed by atoms with Crippen LogP contribution in [0.25, 0.3) is 0 Å². The van der Waals surface area contributed by atoms with E-state index in [1.165, 1.54) is 5.56 Å². The van der Waals surface area contributed by atoms with Crippen LogP contribution >= 0.6 is 0 Å². The predicted octanol–water partition coefficient (Wildman–Crippen LogP) is 3.24. The molecule has 0 atom stereocenters. The third kappa shape index (κ3) is 8.04. The summed E-state index contributed by atoms with van der Waals surface area (Å²) in [6, 6.07) is 7.86. The Hall–Kier alpha value is -2.30. The average Bonchev–Trinajstić information content (AvgIpc) is 2.55. The maximum atomic E-state index is 11.4. The second-order valence-corrected chi connectivity index (χ2v) is 5.27. The van der Waals surface area contributed by atoms with Gasteiger partial charge in [0.15, 0.2) is 0 Å². The lowest BCUT2D eigenvalue weighted by atomic mass is 10.0. The van der Waals surface area contributed by atoms with Gasteiger partial charge in [-0.3, -0.25) is 4.79 Å². The molecule has 0 saturated heterocycles. The molecule has 0 spiro atoms. The monoisotopic (exact) mass is 320 g/mol. The molecule has 0 radical (unpaired) electrons. The summed E-state index contributed by atoms with van der Waals surface area (Å²) in [6.07, 6.45) is 1.72. The molecule has 0 heterocycles. The Morgan fingerprint density at radius 1 is 1.09 bits per heavy atom. The molecule has 0 aliphatic heterocycles. The number of esters is 2. The number of benzene rings is 1. The normalized spacial score (nSPS) is 10.2. The molecule has 0 amide bonds. The predicted molar refractivity (Wildman–Crippen MR) is 87.4 cm³/mol. The molecule has 0 aliphatic carbocycles. The van der Waals surface area contributed by atoms with Gasteiger partial charge in [0.05, 0.1) is 6.61 Å². The van der Waals surface area contributed by atoms with Crippen LogP contribution in [0.1, 0.15) is 38.2 Å². The van der Waals surface area contributed by atoms with Gasteiger partial charge in [-0.15, -0.1) is 0 Å². The van der Waals surface area contributed by atoms with Gasteiger partial charge in [-0.25, -0.2) is 4.79 Å². The van der Waals surface area contributed by atoms with Crippen molar-refractivity contribution in [3.05, 3.63) is 42.5 Å². The molecule has 0 fully saturated rings. The average molecular weight is 320 g/mol. The summed E-state index contributed by atoms with van der Waals surface area (Å²) in [5.41, 5.74) is 1.25. The van der Waals surface area contributed by atoms with Gasteiger partial charge in [0, 0.05) is 12.5 Å². The van der Waals surface area contributed by atoms with E-state index in [1.807, 2.05) is 24.3 Å². The summed E-state index contributed by atoms with van der Waals surface area (Å²) in [7, 11) is 0. The Labute approximate surface area is 137 Å². The Balaban J connectivity index is 2.10. The van der Waals surface area contributed by atoms with Crippen LogP contribution in [-0.2, 0) is 19.1 Å². The number of hydrogen-bond acceptors (Lipinski definition) is 5. The standard InChI is InChI=1S/C18H24O5/c1-4-17(19)22-11-5-6-18(20)23-13-12-21-16-9-7-15(8-10-16)14(2)3/h4,7-10,14H,1,5-6,11-13H2,2-3H3. The van der Waals surface area contributed by atoms with Crippen LogP contribution in [0.5, 0.6) is 5.75 Å². The molecule has 0 aliphatic rings. The highest BCUT2D eigenvalue weighted by molar-refractivity contribution is 5.81. The second-order valence-electron chi connectivity index (χ2n) is 5.27. The lowest BCUT2D eigenvalue weighted by Gasteiger charge is -2.09. The minimum Gasteiger partial charge on any atom is -0.490 e. The Bertz CT molecular complexity index is 505. The zero-order valence-corrected chi connectivity index (χ0v) is 13.7. The Morgan fingerprint density at radius 2 is 1.78 bits per heavy atom. The highest BCUT2D eigenvalue weighted by Gasteiger charge is 2.04. The zero-order chi connectivity index (χ0) is 17.1. The van der Waals surface area contributed by atoms with Crippen molar-refractivity contribution in [2.75, 3.05) is 19.8 Å². The number of carbonyl (C=O) groups is 2. The molecule has 1 rings (SSSR count). The summed E-state index contributed by atoms with van der Waals surface area (Å²) < 4.78 is 15.3. The van der Waals surface area contributed by atoms with Crippen molar-refractivity contribution in [1.29, 1.82) is 0 Å². The first-order valence-corrected chi connectivity index (χ1v) is 7.70. The van der Waals surface area contributed by atoms with Gasteiger partial charge in [-0.2, -0.15) is 0 Å². The molecule has 23 heavy (non-hydrogen) atoms. The van der Waals surface area contributed by atoms with Gasteiger partial charge in [0.2, 0.25) is 0 Å². The molecule has 1 aromatic rings. The molecule has 5 heteroatoms. The topological polar surface area (TPSA) is 61.8 Å². The van der Waals surface area contributed by atoms with Crippen molar-refractivity contribution in [3.63, 3.8) is 0 Å². The first kappa shape index (κ1) is 18.7. The number of carbonyl (C=O) groups excluding carboxylic acids is 2. The van der Waals surface area contributed by atoms with Crippen LogP contribution in [0, 0.1) is 0 Å². The van der Waals surface area contributed by atoms with Gasteiger partial charge in [-0.1, -0.05) is 32.6 Å². The van der Waals surface area contributed by atoms with Crippen molar-refractivity contribution >= 4 is 11.9 Å². The number of ether oxygens (including phenoxy) is 3. The quantitative estimate of drug-likeness (QED) is 0.376. The number of rotatable bonds is 10. The summed E-state index contributed by atoms with van der Waals surface area (Å²) in [5, 5.41) is 0. The lowest BCUT2D eigenvalue weighted by molar-refractivity contribution is -0.146. The van der Waals surface area contributed by atoms with E-state index in [2.05, 4.69) is 20.4 Å². The minimum atomic E-state index is -0.491. The van der Waals surface area contributed by atoms with E-state index in [4.69, 9.17) is 14.2 Å². The van der Waals surface area contributed by atoms with Crippen LogP contribution in [0.15, 0.2) is 36.9 Å². The van der Waals surface area contributed by atoms with Gasteiger partial charge < -0.3 is 14.2 Å². The second kappa shape index (κ2) is 10.4. The van der Waals surface area contributed by atoms with Crippen molar-refractivity contribution in [1.82, 2.24) is 0 Å². The highest BCUT2D eigenvalue weighted by Crippen LogP contribution is 2.18. The first-order valence-electron chi connectivity index (χ1n) is 7.70. The molecular weight excluding hydrogens is 296 g/mol. The smallest absolute Gasteiger partial charge is 0.330 e. The van der Waals surface area contributed by atoms with E-state index in [9.17, 15) is 9.59 Å². The molecule has 0 saturated carbocycles. The van der Waals surface area contributed by atoms with Crippen LogP contribution in [0.3, 0.4) is 0 Å². The van der Waals surface area contributed by atoms with E-state index < -0.39 is 5.97 Å². The van der Waals surface area contributed by atoms with Crippen LogP contribution in [0.2, 0.25) is 0 Å². The van der Waals surface area contributed by atoms with Crippen molar-refractivity contribution in [2.45, 2.75) is 32.6 Å². The van der Waals surface area contributed by atoms with E-state index in [0.717, 1.165) is 11.8 Å². The molecule has 126 valence electrons. The fourth-order valence-electron chi connectivity index (χ4n) is 1.78. The van der Waals surface area contributed by atoms with Gasteiger partial charge in [-0.05, 0) is 30.0 Å². The third-order valence-corrected chi connectivity index (χ3v) is 3.10. The van der Waals surface area contributed by atoms with Gasteiger partial charge in [0.1, 0.15) is 19.0 Å². The SMILES string of the molecule is C=CC(=O)OCCCC(=O)OCCOc1ccc(C(C)C)cc1. The summed E-state index contributed by atoms with van der Waals surface area (Å²) in [6.45, 7) is 8.22. The first-order chi connectivity index (χ1) is 11.0. The molecule has 0 N–H and O–H groups in total. The summed E-state index contributed by atoms with van der Waals surface area (Å²) >= 11 is 0. The molecular formula is C18H24O5. The highest BCUT2D eigenvalue weighted by atomic mass is 16.6. The van der Waals surface area contributed by atoms with Crippen LogP contribution in [-0.4, -0.2) is 31.8 Å². The molecule has 0 bridgehead atoms. The molecule has 0 unspecified atom stereocenters. The van der Waals surface area contributed by atoms with Gasteiger partial charge >= 0.3 is 11.9 Å².